The van der Waals surface area contributed by atoms with Gasteiger partial charge in [-0.2, -0.15) is 9.29 Å². The second-order valence-electron chi connectivity index (χ2n) is 4.83. The highest BCUT2D eigenvalue weighted by atomic mass is 35.5. The molecule has 0 atom stereocenters. The van der Waals surface area contributed by atoms with Gasteiger partial charge in [0.05, 0.1) is 4.90 Å². The summed E-state index contributed by atoms with van der Waals surface area (Å²) in [5.41, 5.74) is 0. The highest BCUT2D eigenvalue weighted by molar-refractivity contribution is 7.89. The highest BCUT2D eigenvalue weighted by Gasteiger charge is 2.23. The van der Waals surface area contributed by atoms with Crippen LogP contribution in [0.1, 0.15) is 18.6 Å². The lowest BCUT2D eigenvalue weighted by molar-refractivity contribution is -0.145. The fourth-order valence-electron chi connectivity index (χ4n) is 1.73. The van der Waals surface area contributed by atoms with E-state index < -0.39 is 22.5 Å². The second-order valence-corrected chi connectivity index (χ2v) is 7.31. The molecule has 1 heterocycles. The monoisotopic (exact) mass is 373 g/mol. The van der Waals surface area contributed by atoms with Gasteiger partial charge in [0.1, 0.15) is 6.54 Å². The van der Waals surface area contributed by atoms with Crippen molar-refractivity contribution in [3.63, 3.8) is 0 Å². The molecule has 8 nitrogen and oxygen atoms in total. The smallest absolute Gasteiger partial charge is 0.321 e. The quantitative estimate of drug-likeness (QED) is 0.680. The first kappa shape index (κ1) is 18.4. The van der Waals surface area contributed by atoms with E-state index >= 15 is 0 Å². The summed E-state index contributed by atoms with van der Waals surface area (Å²) in [6, 6.07) is 5.65. The fourth-order valence-corrected chi connectivity index (χ4v) is 2.97. The summed E-state index contributed by atoms with van der Waals surface area (Å²) in [5.74, 6) is -0.0711. The average molecular weight is 374 g/mol. The number of ether oxygens (including phenoxy) is 1. The number of esters is 1. The van der Waals surface area contributed by atoms with Gasteiger partial charge in [-0.05, 0) is 24.3 Å². The largest absolute Gasteiger partial charge is 0.455 e. The maximum atomic E-state index is 12.3. The molecule has 24 heavy (non-hydrogen) atoms. The van der Waals surface area contributed by atoms with E-state index in [2.05, 4.69) is 10.1 Å². The summed E-state index contributed by atoms with van der Waals surface area (Å²) in [4.78, 5) is 15.8. The van der Waals surface area contributed by atoms with Crippen LogP contribution in [0.4, 0.5) is 0 Å². The van der Waals surface area contributed by atoms with Gasteiger partial charge in [-0.1, -0.05) is 23.7 Å². The summed E-state index contributed by atoms with van der Waals surface area (Å²) in [5, 5.41) is 4.08. The molecule has 0 radical (unpaired) electrons. The molecule has 2 rings (SSSR count). The Bertz CT molecular complexity index is 804. The molecule has 0 aliphatic rings. The Kier molecular flexibility index (Phi) is 5.92. The number of hydrogen-bond donors (Lipinski definition) is 0. The molecule has 10 heteroatoms. The molecule has 0 aliphatic heterocycles. The molecule has 0 aliphatic carbocycles. The minimum Gasteiger partial charge on any atom is -0.455 e. The molecule has 0 spiro atoms. The molecule has 0 saturated carbocycles. The zero-order valence-corrected chi connectivity index (χ0v) is 14.7. The number of sulfonamides is 1. The van der Waals surface area contributed by atoms with E-state index in [1.807, 2.05) is 6.92 Å². The molecule has 1 aromatic carbocycles. The van der Waals surface area contributed by atoms with Crippen molar-refractivity contribution in [2.75, 3.05) is 13.6 Å². The second kappa shape index (κ2) is 7.73. The standard InChI is InChI=1S/C14H16ClN3O5S/c1-3-12-16-13(23-17-12)9-22-14(19)8-18(2)24(20,21)11-6-4-10(15)5-7-11/h4-7H,3,8-9H2,1-2H3. The van der Waals surface area contributed by atoms with E-state index in [-0.39, 0.29) is 17.4 Å². The van der Waals surface area contributed by atoms with Crippen LogP contribution in [0.3, 0.4) is 0 Å². The lowest BCUT2D eigenvalue weighted by Crippen LogP contribution is -2.33. The van der Waals surface area contributed by atoms with Crippen LogP contribution in [-0.4, -0.2) is 42.4 Å². The van der Waals surface area contributed by atoms with Gasteiger partial charge in [0.2, 0.25) is 10.0 Å². The topological polar surface area (TPSA) is 103 Å². The van der Waals surface area contributed by atoms with Crippen LogP contribution >= 0.6 is 11.6 Å². The SMILES string of the molecule is CCc1noc(COC(=O)CN(C)S(=O)(=O)c2ccc(Cl)cc2)n1. The third-order valence-corrected chi connectivity index (χ3v) is 5.13. The molecule has 0 saturated heterocycles. The first-order chi connectivity index (χ1) is 11.3. The van der Waals surface area contributed by atoms with Crippen molar-refractivity contribution < 1.29 is 22.5 Å². The van der Waals surface area contributed by atoms with Crippen LogP contribution < -0.4 is 0 Å². The Labute approximate surface area is 144 Å². The van der Waals surface area contributed by atoms with E-state index in [1.165, 1.54) is 31.3 Å². The Morgan fingerprint density at radius 2 is 2.00 bits per heavy atom. The van der Waals surface area contributed by atoms with Gasteiger partial charge >= 0.3 is 5.97 Å². The van der Waals surface area contributed by atoms with Gasteiger partial charge in [0.25, 0.3) is 5.89 Å². The van der Waals surface area contributed by atoms with Gasteiger partial charge < -0.3 is 9.26 Å². The van der Waals surface area contributed by atoms with E-state index in [0.717, 1.165) is 4.31 Å². The highest BCUT2D eigenvalue weighted by Crippen LogP contribution is 2.17. The van der Waals surface area contributed by atoms with Crippen LogP contribution in [0.15, 0.2) is 33.7 Å². The molecule has 0 bridgehead atoms. The van der Waals surface area contributed by atoms with Crippen LogP contribution in [0.2, 0.25) is 5.02 Å². The fraction of sp³-hybridized carbons (Fsp3) is 0.357. The van der Waals surface area contributed by atoms with E-state index in [4.69, 9.17) is 20.9 Å². The summed E-state index contributed by atoms with van der Waals surface area (Å²) in [6.07, 6.45) is 0.597. The first-order valence-corrected chi connectivity index (χ1v) is 8.83. The summed E-state index contributed by atoms with van der Waals surface area (Å²) in [6.45, 7) is 1.21. The van der Waals surface area contributed by atoms with Gasteiger partial charge in [-0.15, -0.1) is 0 Å². The maximum absolute atomic E-state index is 12.3. The number of hydrogen-bond acceptors (Lipinski definition) is 7. The van der Waals surface area contributed by atoms with E-state index in [9.17, 15) is 13.2 Å². The number of aryl methyl sites for hydroxylation is 1. The van der Waals surface area contributed by atoms with Crippen LogP contribution in [0.25, 0.3) is 0 Å². The van der Waals surface area contributed by atoms with E-state index in [1.54, 1.807) is 0 Å². The van der Waals surface area contributed by atoms with Gasteiger partial charge in [0, 0.05) is 18.5 Å². The molecular formula is C14H16ClN3O5S. The number of benzene rings is 1. The summed E-state index contributed by atoms with van der Waals surface area (Å²) in [7, 11) is -2.53. The van der Waals surface area contributed by atoms with Crippen molar-refractivity contribution in [1.82, 2.24) is 14.4 Å². The lowest BCUT2D eigenvalue weighted by atomic mass is 10.4. The first-order valence-electron chi connectivity index (χ1n) is 7.02. The molecular weight excluding hydrogens is 358 g/mol. The number of carbonyl (C=O) groups excluding carboxylic acids is 1. The summed E-state index contributed by atoms with van der Waals surface area (Å²) >= 11 is 5.73. The van der Waals surface area contributed by atoms with E-state index in [0.29, 0.717) is 17.3 Å². The number of halogens is 1. The van der Waals surface area contributed by atoms with Crippen LogP contribution in [-0.2, 0) is 32.6 Å². The molecule has 0 N–H and O–H groups in total. The van der Waals surface area contributed by atoms with Gasteiger partial charge in [0.15, 0.2) is 12.4 Å². The van der Waals surface area contributed by atoms with Crippen molar-refractivity contribution in [2.24, 2.45) is 0 Å². The molecule has 0 amide bonds. The van der Waals surface area contributed by atoms with Crippen LogP contribution in [0, 0.1) is 0 Å². The summed E-state index contributed by atoms with van der Waals surface area (Å²) < 4.78 is 35.4. The van der Waals surface area contributed by atoms with Crippen molar-refractivity contribution in [3.05, 3.63) is 41.0 Å². The molecule has 130 valence electrons. The predicted octanol–water partition coefficient (Wildman–Crippen LogP) is 1.65. The van der Waals surface area contributed by atoms with Crippen molar-refractivity contribution in [3.8, 4) is 0 Å². The van der Waals surface area contributed by atoms with Crippen molar-refractivity contribution in [2.45, 2.75) is 24.8 Å². The zero-order valence-electron chi connectivity index (χ0n) is 13.1. The number of nitrogens with zero attached hydrogens (tertiary/aromatic N) is 3. The molecule has 0 unspecified atom stereocenters. The Hall–Kier alpha value is -1.97. The van der Waals surface area contributed by atoms with Crippen molar-refractivity contribution in [1.29, 1.82) is 0 Å². The molecule has 2 aromatic rings. The predicted molar refractivity (Wildman–Crippen MR) is 84.7 cm³/mol. The van der Waals surface area contributed by atoms with Crippen LogP contribution in [0.5, 0.6) is 0 Å². The molecule has 0 fully saturated rings. The average Bonchev–Trinajstić information content (AvgIpc) is 3.01. The minimum absolute atomic E-state index is 0.0340. The maximum Gasteiger partial charge on any atom is 0.321 e. The zero-order chi connectivity index (χ0) is 17.7. The third kappa shape index (κ3) is 4.53. The van der Waals surface area contributed by atoms with Gasteiger partial charge in [-0.25, -0.2) is 8.42 Å². The van der Waals surface area contributed by atoms with Crippen molar-refractivity contribution >= 4 is 27.6 Å². The number of aromatic nitrogens is 2. The Morgan fingerprint density at radius 1 is 1.33 bits per heavy atom. The number of rotatable bonds is 7. The number of carbonyl (C=O) groups is 1. The third-order valence-electron chi connectivity index (χ3n) is 3.06. The van der Waals surface area contributed by atoms with Gasteiger partial charge in [-0.3, -0.25) is 4.79 Å². The Balaban J connectivity index is 1.93. The normalized spacial score (nSPS) is 11.7. The Morgan fingerprint density at radius 3 is 2.58 bits per heavy atom. The number of likely N-dealkylation sites (N-methyl/N-ethyl adjacent to an activating group) is 1. The minimum atomic E-state index is -3.81. The molecule has 1 aromatic heterocycles. The lowest BCUT2D eigenvalue weighted by Gasteiger charge is -2.16.